The number of carbonyl (C=O) groups excluding carboxylic acids is 1. The molecule has 34 heavy (non-hydrogen) atoms. The quantitative estimate of drug-likeness (QED) is 0.505. The summed E-state index contributed by atoms with van der Waals surface area (Å²) in [4.78, 5) is 25.8. The summed E-state index contributed by atoms with van der Waals surface area (Å²) in [6, 6.07) is 5.76. The van der Waals surface area contributed by atoms with E-state index in [1.165, 1.54) is 12.8 Å². The Balaban J connectivity index is 1.13. The molecule has 2 aliphatic rings. The van der Waals surface area contributed by atoms with E-state index in [0.29, 0.717) is 24.1 Å². The first-order chi connectivity index (χ1) is 16.6. The third-order valence-corrected chi connectivity index (χ3v) is 7.08. The first kappa shape index (κ1) is 24.7. The van der Waals surface area contributed by atoms with Crippen LogP contribution >= 0.6 is 11.6 Å². The highest BCUT2D eigenvalue weighted by atomic mass is 35.5. The Kier molecular flexibility index (Phi) is 8.99. The van der Waals surface area contributed by atoms with Crippen molar-refractivity contribution in [2.45, 2.75) is 45.4 Å². The van der Waals surface area contributed by atoms with E-state index in [-0.39, 0.29) is 5.91 Å². The molecule has 2 fully saturated rings. The van der Waals surface area contributed by atoms with Crippen molar-refractivity contribution in [1.29, 1.82) is 0 Å². The summed E-state index contributed by atoms with van der Waals surface area (Å²) in [5.74, 6) is 2.31. The average Bonchev–Trinajstić information content (AvgIpc) is 3.36. The Morgan fingerprint density at radius 2 is 1.88 bits per heavy atom. The minimum atomic E-state index is -0.00131. The first-order valence-corrected chi connectivity index (χ1v) is 12.9. The van der Waals surface area contributed by atoms with Gasteiger partial charge in [-0.2, -0.15) is 0 Å². The summed E-state index contributed by atoms with van der Waals surface area (Å²) < 4.78 is 5.98. The second kappa shape index (κ2) is 12.4. The number of halogens is 1. The second-order valence-electron chi connectivity index (χ2n) is 9.40. The smallest absolute Gasteiger partial charge is 0.251 e. The molecule has 2 aliphatic heterocycles. The molecule has 7 nitrogen and oxygen atoms in total. The van der Waals surface area contributed by atoms with Crippen molar-refractivity contribution in [3.63, 3.8) is 0 Å². The van der Waals surface area contributed by atoms with Crippen LogP contribution < -0.4 is 15.0 Å². The molecule has 0 saturated carbocycles. The molecule has 3 heterocycles. The Bertz CT molecular complexity index is 925. The molecule has 1 N–H and O–H groups in total. The van der Waals surface area contributed by atoms with E-state index in [0.717, 1.165) is 81.2 Å². The van der Waals surface area contributed by atoms with Gasteiger partial charge < -0.3 is 19.9 Å². The topological polar surface area (TPSA) is 70.6 Å². The number of nitrogens with zero attached hydrogens (tertiary/aromatic N) is 4. The monoisotopic (exact) mass is 485 g/mol. The van der Waals surface area contributed by atoms with Gasteiger partial charge in [0.15, 0.2) is 0 Å². The van der Waals surface area contributed by atoms with Crippen LogP contribution in [-0.2, 0) is 0 Å². The third-order valence-electron chi connectivity index (χ3n) is 6.88. The summed E-state index contributed by atoms with van der Waals surface area (Å²) in [7, 11) is 0. The van der Waals surface area contributed by atoms with Crippen LogP contribution in [0.2, 0.25) is 5.02 Å². The summed E-state index contributed by atoms with van der Waals surface area (Å²) in [6.07, 6.45) is 10.3. The summed E-state index contributed by atoms with van der Waals surface area (Å²) in [5, 5.41) is 3.62. The Morgan fingerprint density at radius 3 is 2.59 bits per heavy atom. The van der Waals surface area contributed by atoms with Gasteiger partial charge in [-0.15, -0.1) is 0 Å². The highest BCUT2D eigenvalue weighted by Gasteiger charge is 2.20. The number of aryl methyl sites for hydroxylation is 1. The number of piperidine rings is 1. The lowest BCUT2D eigenvalue weighted by atomic mass is 9.92. The lowest BCUT2D eigenvalue weighted by Gasteiger charge is -2.31. The molecule has 1 aromatic carbocycles. The van der Waals surface area contributed by atoms with Gasteiger partial charge in [0.05, 0.1) is 24.0 Å². The molecule has 2 saturated heterocycles. The largest absolute Gasteiger partial charge is 0.494 e. The van der Waals surface area contributed by atoms with Crippen LogP contribution in [0, 0.1) is 12.8 Å². The molecule has 4 rings (SSSR count). The maximum Gasteiger partial charge on any atom is 0.251 e. The van der Waals surface area contributed by atoms with Crippen LogP contribution in [0.25, 0.3) is 0 Å². The number of carbonyl (C=O) groups is 1. The van der Waals surface area contributed by atoms with Gasteiger partial charge in [-0.1, -0.05) is 11.6 Å². The van der Waals surface area contributed by atoms with Crippen LogP contribution in [0.15, 0.2) is 30.6 Å². The van der Waals surface area contributed by atoms with Crippen LogP contribution in [0.5, 0.6) is 5.75 Å². The lowest BCUT2D eigenvalue weighted by Crippen LogP contribution is -2.34. The van der Waals surface area contributed by atoms with Crippen molar-refractivity contribution in [1.82, 2.24) is 20.2 Å². The predicted octanol–water partition coefficient (Wildman–Crippen LogP) is 4.34. The molecule has 8 heteroatoms. The van der Waals surface area contributed by atoms with E-state index in [2.05, 4.69) is 25.1 Å². The number of aromatic nitrogens is 2. The minimum Gasteiger partial charge on any atom is -0.494 e. The summed E-state index contributed by atoms with van der Waals surface area (Å²) in [6.45, 7) is 8.56. The molecule has 0 unspecified atom stereocenters. The van der Waals surface area contributed by atoms with E-state index >= 15 is 0 Å². The van der Waals surface area contributed by atoms with Crippen molar-refractivity contribution >= 4 is 23.5 Å². The van der Waals surface area contributed by atoms with Crippen molar-refractivity contribution in [2.24, 2.45) is 5.92 Å². The number of likely N-dealkylation sites (tertiary alicyclic amines) is 1. The van der Waals surface area contributed by atoms with E-state index in [9.17, 15) is 4.79 Å². The van der Waals surface area contributed by atoms with Gasteiger partial charge in [-0.25, -0.2) is 9.97 Å². The van der Waals surface area contributed by atoms with E-state index in [1.807, 2.05) is 25.1 Å². The van der Waals surface area contributed by atoms with Crippen molar-refractivity contribution in [3.05, 3.63) is 46.7 Å². The van der Waals surface area contributed by atoms with Crippen molar-refractivity contribution in [3.8, 4) is 5.75 Å². The molecule has 0 spiro atoms. The first-order valence-electron chi connectivity index (χ1n) is 12.5. The Hall–Kier alpha value is -2.38. The van der Waals surface area contributed by atoms with Crippen molar-refractivity contribution in [2.75, 3.05) is 50.8 Å². The second-order valence-corrected chi connectivity index (χ2v) is 9.84. The summed E-state index contributed by atoms with van der Waals surface area (Å²) in [5.41, 5.74) is 1.68. The molecule has 0 aliphatic carbocycles. The van der Waals surface area contributed by atoms with Gasteiger partial charge in [0.1, 0.15) is 5.75 Å². The highest BCUT2D eigenvalue weighted by molar-refractivity contribution is 6.30. The number of rotatable bonds is 10. The normalized spacial score (nSPS) is 17.2. The molecule has 1 aromatic heterocycles. The molecule has 0 bridgehead atoms. The van der Waals surface area contributed by atoms with Gasteiger partial charge >= 0.3 is 0 Å². The zero-order chi connectivity index (χ0) is 23.8. The molecule has 184 valence electrons. The molecule has 1 amide bonds. The van der Waals surface area contributed by atoms with E-state index in [1.54, 1.807) is 12.4 Å². The average molecular weight is 486 g/mol. The molecule has 0 radical (unpaired) electrons. The van der Waals surface area contributed by atoms with E-state index in [4.69, 9.17) is 16.3 Å². The van der Waals surface area contributed by atoms with Gasteiger partial charge in [-0.3, -0.25) is 4.79 Å². The van der Waals surface area contributed by atoms with E-state index < -0.39 is 0 Å². The fraction of sp³-hybridized carbons (Fsp3) is 0.577. The Morgan fingerprint density at radius 1 is 1.15 bits per heavy atom. The molecular formula is C26H36ClN5O2. The van der Waals surface area contributed by atoms with Gasteiger partial charge in [-0.05, 0) is 88.2 Å². The zero-order valence-corrected chi connectivity index (χ0v) is 20.9. The fourth-order valence-corrected chi connectivity index (χ4v) is 4.96. The number of benzene rings is 1. The third kappa shape index (κ3) is 7.06. The van der Waals surface area contributed by atoms with Gasteiger partial charge in [0.2, 0.25) is 5.95 Å². The van der Waals surface area contributed by atoms with Crippen LogP contribution in [0.4, 0.5) is 5.95 Å². The zero-order valence-electron chi connectivity index (χ0n) is 20.1. The maximum atomic E-state index is 12.5. The number of anilines is 1. The van der Waals surface area contributed by atoms with Crippen LogP contribution in [-0.4, -0.2) is 66.7 Å². The SMILES string of the molecule is Cc1cc(OCCCC2CCN(c3ncc(Cl)cn3)CC2)ccc1C(=O)NCCN1CCCC1. The number of nitrogens with one attached hydrogen (secondary N) is 1. The number of hydrogen-bond donors (Lipinski definition) is 1. The molecule has 0 atom stereocenters. The van der Waals surface area contributed by atoms with Gasteiger partial charge in [0.25, 0.3) is 5.91 Å². The maximum absolute atomic E-state index is 12.5. The van der Waals surface area contributed by atoms with Crippen molar-refractivity contribution < 1.29 is 9.53 Å². The van der Waals surface area contributed by atoms with Crippen LogP contribution in [0.3, 0.4) is 0 Å². The standard InChI is InChI=1S/C26H36ClN5O2/c1-20-17-23(6-7-24(20)25(33)28-10-15-31-11-2-3-12-31)34-16-4-5-21-8-13-32(14-9-21)26-29-18-22(27)19-30-26/h6-7,17-19,21H,2-5,8-16H2,1H3,(H,28,33). The minimum absolute atomic E-state index is 0.00131. The molecular weight excluding hydrogens is 450 g/mol. The van der Waals surface area contributed by atoms with Crippen LogP contribution in [0.1, 0.15) is 54.4 Å². The highest BCUT2D eigenvalue weighted by Crippen LogP contribution is 2.25. The number of hydrogen-bond acceptors (Lipinski definition) is 6. The van der Waals surface area contributed by atoms with Gasteiger partial charge in [0, 0.05) is 31.7 Å². The number of ether oxygens (including phenoxy) is 1. The lowest BCUT2D eigenvalue weighted by molar-refractivity contribution is 0.0949. The summed E-state index contributed by atoms with van der Waals surface area (Å²) >= 11 is 5.88. The molecule has 2 aromatic rings. The Labute approximate surface area is 207 Å². The fourth-order valence-electron chi connectivity index (χ4n) is 4.86. The number of amides is 1. The predicted molar refractivity (Wildman–Crippen MR) is 136 cm³/mol.